The van der Waals surface area contributed by atoms with Crippen molar-refractivity contribution in [2.75, 3.05) is 6.61 Å². The third kappa shape index (κ3) is 8.20. The summed E-state index contributed by atoms with van der Waals surface area (Å²) in [6.07, 6.45) is 1.33. The van der Waals surface area contributed by atoms with Crippen LogP contribution >= 0.6 is 0 Å². The lowest BCUT2D eigenvalue weighted by atomic mass is 9.94. The number of carbonyl (C=O) groups excluding carboxylic acids is 1. The van der Waals surface area contributed by atoms with Crippen LogP contribution in [0.5, 0.6) is 5.75 Å². The maximum Gasteiger partial charge on any atom is 0.324 e. The standard InChI is InChI=1S/C22H28N4O6S/c1-22(20(28)29,26-33(30,31)18-7-3-2-4-8-18)15-16-10-12-17(13-11-16)32-14-6-5-9-19(27)25-21(23)24/h2-4,7-8,10-13,26H,5-6,9,14-15H2,1H3,(H,28,29)(H4,23,24,25,27)/t22-/m0/s1. The maximum absolute atomic E-state index is 12.6. The molecule has 2 aromatic rings. The average Bonchev–Trinajstić information content (AvgIpc) is 2.74. The van der Waals surface area contributed by atoms with Crippen LogP contribution in [0.25, 0.3) is 0 Å². The molecule has 33 heavy (non-hydrogen) atoms. The number of carboxylic acids is 1. The Morgan fingerprint density at radius 3 is 2.27 bits per heavy atom. The fourth-order valence-electron chi connectivity index (χ4n) is 2.99. The Hall–Kier alpha value is -3.44. The lowest BCUT2D eigenvalue weighted by Crippen LogP contribution is -2.53. The highest BCUT2D eigenvalue weighted by Gasteiger charge is 2.38. The summed E-state index contributed by atoms with van der Waals surface area (Å²) < 4.78 is 33.2. The molecule has 1 amide bonds. The Balaban J connectivity index is 1.94. The number of aliphatic carboxylic acids is 1. The minimum Gasteiger partial charge on any atom is -0.494 e. The van der Waals surface area contributed by atoms with Crippen molar-refractivity contribution in [3.63, 3.8) is 0 Å². The number of nitrogens with one attached hydrogen (secondary N) is 1. The number of nitrogens with two attached hydrogens (primary N) is 2. The Bertz CT molecular complexity index is 1080. The number of amides is 1. The summed E-state index contributed by atoms with van der Waals surface area (Å²) >= 11 is 0. The number of guanidine groups is 1. The largest absolute Gasteiger partial charge is 0.494 e. The second-order valence-corrected chi connectivity index (χ2v) is 9.29. The van der Waals surface area contributed by atoms with Crippen LogP contribution in [0.15, 0.2) is 64.5 Å². The van der Waals surface area contributed by atoms with Gasteiger partial charge in [-0.3, -0.25) is 9.59 Å². The van der Waals surface area contributed by atoms with Gasteiger partial charge in [0.25, 0.3) is 0 Å². The van der Waals surface area contributed by atoms with Gasteiger partial charge in [-0.15, -0.1) is 0 Å². The molecular formula is C22H28N4O6S. The summed E-state index contributed by atoms with van der Waals surface area (Å²) in [6.45, 7) is 1.70. The molecule has 1 atom stereocenters. The number of unbranched alkanes of at least 4 members (excludes halogenated alkanes) is 1. The molecule has 0 saturated heterocycles. The molecule has 0 radical (unpaired) electrons. The van der Waals surface area contributed by atoms with Crippen molar-refractivity contribution in [2.45, 2.75) is 43.0 Å². The highest BCUT2D eigenvalue weighted by atomic mass is 32.2. The molecule has 2 rings (SSSR count). The number of hydrogen-bond acceptors (Lipinski definition) is 5. The van der Waals surface area contributed by atoms with Gasteiger partial charge in [0.15, 0.2) is 5.96 Å². The molecule has 11 heteroatoms. The lowest BCUT2D eigenvalue weighted by Gasteiger charge is -2.26. The van der Waals surface area contributed by atoms with Gasteiger partial charge in [0.05, 0.1) is 11.5 Å². The van der Waals surface area contributed by atoms with E-state index in [4.69, 9.17) is 16.2 Å². The van der Waals surface area contributed by atoms with Gasteiger partial charge in [-0.1, -0.05) is 30.3 Å². The van der Waals surface area contributed by atoms with Crippen LogP contribution in [0.2, 0.25) is 0 Å². The van der Waals surface area contributed by atoms with Crippen LogP contribution in [0.4, 0.5) is 0 Å². The SMILES string of the molecule is C[C@@](Cc1ccc(OCCCCC(=O)N=C(N)N)cc1)(NS(=O)(=O)c1ccccc1)C(=O)O. The first kappa shape index (κ1) is 25.8. The molecule has 10 nitrogen and oxygen atoms in total. The number of aliphatic imine (C=N–C) groups is 1. The minimum absolute atomic E-state index is 0.0128. The normalized spacial score (nSPS) is 13.0. The maximum atomic E-state index is 12.6. The number of benzene rings is 2. The molecule has 178 valence electrons. The molecule has 0 unspecified atom stereocenters. The van der Waals surface area contributed by atoms with Crippen molar-refractivity contribution in [2.24, 2.45) is 16.5 Å². The van der Waals surface area contributed by atoms with Crippen LogP contribution in [0.3, 0.4) is 0 Å². The van der Waals surface area contributed by atoms with E-state index in [9.17, 15) is 23.1 Å². The second kappa shape index (κ2) is 11.4. The number of nitrogens with zero attached hydrogens (tertiary/aromatic N) is 1. The van der Waals surface area contributed by atoms with E-state index < -0.39 is 21.5 Å². The monoisotopic (exact) mass is 476 g/mol. The Morgan fingerprint density at radius 2 is 1.70 bits per heavy atom. The average molecular weight is 477 g/mol. The summed E-state index contributed by atoms with van der Waals surface area (Å²) in [4.78, 5) is 26.7. The van der Waals surface area contributed by atoms with Gasteiger partial charge in [-0.05, 0) is 49.6 Å². The van der Waals surface area contributed by atoms with E-state index in [0.717, 1.165) is 0 Å². The van der Waals surface area contributed by atoms with Gasteiger partial charge < -0.3 is 21.3 Å². The summed E-state index contributed by atoms with van der Waals surface area (Å²) in [7, 11) is -4.02. The van der Waals surface area contributed by atoms with E-state index in [2.05, 4.69) is 9.71 Å². The Morgan fingerprint density at radius 1 is 1.06 bits per heavy atom. The van der Waals surface area contributed by atoms with E-state index in [1.807, 2.05) is 0 Å². The third-order valence-electron chi connectivity index (χ3n) is 4.67. The lowest BCUT2D eigenvalue weighted by molar-refractivity contribution is -0.143. The molecule has 0 heterocycles. The highest BCUT2D eigenvalue weighted by Crippen LogP contribution is 2.21. The zero-order valence-electron chi connectivity index (χ0n) is 18.2. The van der Waals surface area contributed by atoms with Gasteiger partial charge in [-0.2, -0.15) is 9.71 Å². The molecule has 0 aliphatic heterocycles. The summed E-state index contributed by atoms with van der Waals surface area (Å²) in [5.41, 5.74) is 9.14. The number of rotatable bonds is 12. The van der Waals surface area contributed by atoms with Crippen LogP contribution in [0, 0.1) is 0 Å². The first-order valence-electron chi connectivity index (χ1n) is 10.2. The highest BCUT2D eigenvalue weighted by molar-refractivity contribution is 7.89. The smallest absolute Gasteiger partial charge is 0.324 e. The van der Waals surface area contributed by atoms with Gasteiger partial charge in [0.2, 0.25) is 15.9 Å². The van der Waals surface area contributed by atoms with E-state index in [0.29, 0.717) is 30.8 Å². The fourth-order valence-corrected chi connectivity index (χ4v) is 4.38. The summed E-state index contributed by atoms with van der Waals surface area (Å²) in [5.74, 6) is -1.37. The third-order valence-corrected chi connectivity index (χ3v) is 6.29. The number of hydrogen-bond donors (Lipinski definition) is 4. The predicted molar refractivity (Wildman–Crippen MR) is 123 cm³/mol. The molecular weight excluding hydrogens is 448 g/mol. The van der Waals surface area contributed by atoms with Gasteiger partial charge in [-0.25, -0.2) is 8.42 Å². The minimum atomic E-state index is -4.02. The predicted octanol–water partition coefficient (Wildman–Crippen LogP) is 1.40. The molecule has 0 aliphatic rings. The first-order valence-corrected chi connectivity index (χ1v) is 11.7. The Labute approximate surface area is 192 Å². The van der Waals surface area contributed by atoms with E-state index in [1.54, 1.807) is 42.5 Å². The fraction of sp³-hybridized carbons (Fsp3) is 0.318. The molecule has 6 N–H and O–H groups in total. The number of carboxylic acid groups (broad SMARTS) is 1. The number of carbonyl (C=O) groups is 2. The van der Waals surface area contributed by atoms with E-state index in [1.165, 1.54) is 19.1 Å². The first-order chi connectivity index (χ1) is 15.5. The molecule has 0 aromatic heterocycles. The van der Waals surface area contributed by atoms with Crippen molar-refractivity contribution in [3.8, 4) is 5.75 Å². The molecule has 0 saturated carbocycles. The molecule has 2 aromatic carbocycles. The van der Waals surface area contributed by atoms with Crippen molar-refractivity contribution in [1.29, 1.82) is 0 Å². The van der Waals surface area contributed by atoms with Gasteiger partial charge in [0, 0.05) is 12.8 Å². The topological polar surface area (TPSA) is 174 Å². The molecule has 0 aliphatic carbocycles. The van der Waals surface area contributed by atoms with Crippen molar-refractivity contribution < 1.29 is 27.9 Å². The van der Waals surface area contributed by atoms with E-state index >= 15 is 0 Å². The number of sulfonamides is 1. The van der Waals surface area contributed by atoms with Crippen molar-refractivity contribution >= 4 is 27.9 Å². The molecule has 0 fully saturated rings. The van der Waals surface area contributed by atoms with Crippen LogP contribution in [0.1, 0.15) is 31.7 Å². The van der Waals surface area contributed by atoms with Gasteiger partial charge in [0.1, 0.15) is 11.3 Å². The zero-order chi connectivity index (χ0) is 24.5. The zero-order valence-corrected chi connectivity index (χ0v) is 19.0. The van der Waals surface area contributed by atoms with Crippen molar-refractivity contribution in [1.82, 2.24) is 4.72 Å². The summed E-state index contributed by atoms with van der Waals surface area (Å²) in [6, 6.07) is 14.3. The quantitative estimate of drug-likeness (QED) is 0.202. The second-order valence-electron chi connectivity index (χ2n) is 7.61. The molecule has 0 spiro atoms. The summed E-state index contributed by atoms with van der Waals surface area (Å²) in [5, 5.41) is 9.72. The number of ether oxygens (including phenoxy) is 1. The van der Waals surface area contributed by atoms with E-state index in [-0.39, 0.29) is 29.6 Å². The van der Waals surface area contributed by atoms with Gasteiger partial charge >= 0.3 is 5.97 Å². The Kier molecular flexibility index (Phi) is 8.94. The molecule has 0 bridgehead atoms. The van der Waals surface area contributed by atoms with Crippen LogP contribution in [-0.4, -0.2) is 43.5 Å². The van der Waals surface area contributed by atoms with Crippen LogP contribution in [-0.2, 0) is 26.0 Å². The van der Waals surface area contributed by atoms with Crippen molar-refractivity contribution in [3.05, 3.63) is 60.2 Å². The van der Waals surface area contributed by atoms with Crippen LogP contribution < -0.4 is 20.9 Å².